The minimum atomic E-state index is -4.45. The minimum absolute atomic E-state index is 0.157. The lowest BCUT2D eigenvalue weighted by atomic mass is 9.76. The second kappa shape index (κ2) is 7.17. The Morgan fingerprint density at radius 1 is 1.22 bits per heavy atom. The molecule has 1 aliphatic heterocycles. The van der Waals surface area contributed by atoms with Gasteiger partial charge in [-0.2, -0.15) is 13.2 Å². The summed E-state index contributed by atoms with van der Waals surface area (Å²) >= 11 is 0. The van der Waals surface area contributed by atoms with Crippen molar-refractivity contribution in [3.8, 4) is 0 Å². The molecule has 1 saturated heterocycles. The Morgan fingerprint density at radius 3 is 2.44 bits per heavy atom. The van der Waals surface area contributed by atoms with Crippen LogP contribution >= 0.6 is 0 Å². The maximum absolute atomic E-state index is 13.4. The molecule has 1 saturated carbocycles. The SMILES string of the molecule is CC1CN(C(=O)C2(c3cccc(C(F)(F)F)c3)CCCC2)CCC1C(=O)O. The van der Waals surface area contributed by atoms with E-state index in [2.05, 4.69) is 0 Å². The zero-order valence-electron chi connectivity index (χ0n) is 15.3. The maximum atomic E-state index is 13.4. The van der Waals surface area contributed by atoms with E-state index >= 15 is 0 Å². The Morgan fingerprint density at radius 2 is 1.89 bits per heavy atom. The molecule has 1 aromatic rings. The number of carbonyl (C=O) groups is 2. The van der Waals surface area contributed by atoms with Gasteiger partial charge >= 0.3 is 12.1 Å². The van der Waals surface area contributed by atoms with Crippen LogP contribution < -0.4 is 0 Å². The van der Waals surface area contributed by atoms with Gasteiger partial charge in [-0.1, -0.05) is 38.0 Å². The van der Waals surface area contributed by atoms with E-state index in [1.807, 2.05) is 6.92 Å². The van der Waals surface area contributed by atoms with Gasteiger partial charge in [0.25, 0.3) is 0 Å². The van der Waals surface area contributed by atoms with E-state index in [0.29, 0.717) is 37.9 Å². The highest BCUT2D eigenvalue weighted by Crippen LogP contribution is 2.44. The zero-order valence-corrected chi connectivity index (χ0v) is 15.3. The molecule has 0 bridgehead atoms. The molecular weight excluding hydrogens is 359 g/mol. The van der Waals surface area contributed by atoms with Gasteiger partial charge < -0.3 is 10.0 Å². The zero-order chi connectivity index (χ0) is 19.8. The Balaban J connectivity index is 1.90. The quantitative estimate of drug-likeness (QED) is 0.855. The van der Waals surface area contributed by atoms with Crippen LogP contribution in [0.3, 0.4) is 0 Å². The van der Waals surface area contributed by atoms with Crippen LogP contribution in [0, 0.1) is 11.8 Å². The van der Waals surface area contributed by atoms with Gasteiger partial charge in [0, 0.05) is 13.1 Å². The molecule has 1 heterocycles. The second-order valence-corrected chi connectivity index (χ2v) is 7.83. The first-order valence-electron chi connectivity index (χ1n) is 9.35. The summed E-state index contributed by atoms with van der Waals surface area (Å²) in [6.07, 6.45) is -1.43. The van der Waals surface area contributed by atoms with Crippen LogP contribution in [0.2, 0.25) is 0 Å². The number of benzene rings is 1. The lowest BCUT2D eigenvalue weighted by Gasteiger charge is -2.40. The molecule has 3 rings (SSSR count). The van der Waals surface area contributed by atoms with E-state index < -0.39 is 29.0 Å². The molecular formula is C20H24F3NO3. The molecule has 2 atom stereocenters. The highest BCUT2D eigenvalue weighted by atomic mass is 19.4. The fraction of sp³-hybridized carbons (Fsp3) is 0.600. The first-order valence-corrected chi connectivity index (χ1v) is 9.35. The Kier molecular flexibility index (Phi) is 5.23. The number of nitrogens with zero attached hydrogens (tertiary/aromatic N) is 1. The number of carbonyl (C=O) groups excluding carboxylic acids is 1. The summed E-state index contributed by atoms with van der Waals surface area (Å²) in [6, 6.07) is 5.12. The fourth-order valence-corrected chi connectivity index (χ4v) is 4.60. The highest BCUT2D eigenvalue weighted by Gasteiger charge is 2.47. The number of carboxylic acids is 1. The van der Waals surface area contributed by atoms with Crippen LogP contribution in [0.1, 0.15) is 50.2 Å². The van der Waals surface area contributed by atoms with Crippen molar-refractivity contribution in [1.29, 1.82) is 0 Å². The molecule has 148 valence electrons. The molecule has 2 unspecified atom stereocenters. The molecule has 1 N–H and O–H groups in total. The summed E-state index contributed by atoms with van der Waals surface area (Å²) in [5, 5.41) is 9.27. The molecule has 0 aromatic heterocycles. The Labute approximate surface area is 156 Å². The molecule has 1 aliphatic carbocycles. The molecule has 0 spiro atoms. The number of alkyl halides is 3. The molecule has 2 fully saturated rings. The largest absolute Gasteiger partial charge is 0.481 e. The average molecular weight is 383 g/mol. The standard InChI is InChI=1S/C20H24F3NO3/c1-13-12-24(10-7-16(13)17(25)26)18(27)19(8-2-3-9-19)14-5-4-6-15(11-14)20(21,22)23/h4-6,11,13,16H,2-3,7-10,12H2,1H3,(H,25,26). The van der Waals surface area contributed by atoms with Crippen molar-refractivity contribution < 1.29 is 27.9 Å². The summed E-state index contributed by atoms with van der Waals surface area (Å²) in [4.78, 5) is 26.4. The monoisotopic (exact) mass is 383 g/mol. The predicted molar refractivity (Wildman–Crippen MR) is 93.1 cm³/mol. The summed E-state index contributed by atoms with van der Waals surface area (Å²) in [6.45, 7) is 2.47. The highest BCUT2D eigenvalue weighted by molar-refractivity contribution is 5.89. The number of aliphatic carboxylic acids is 1. The Bertz CT molecular complexity index is 725. The van der Waals surface area contributed by atoms with Crippen LogP contribution in [0.5, 0.6) is 0 Å². The normalized spacial score (nSPS) is 25.4. The van der Waals surface area contributed by atoms with Gasteiger partial charge in [0.1, 0.15) is 0 Å². The molecule has 0 radical (unpaired) electrons. The summed E-state index contributed by atoms with van der Waals surface area (Å²) in [7, 11) is 0. The number of likely N-dealkylation sites (tertiary alicyclic amines) is 1. The van der Waals surface area contributed by atoms with Gasteiger partial charge in [0.2, 0.25) is 5.91 Å². The number of carboxylic acid groups (broad SMARTS) is 1. The van der Waals surface area contributed by atoms with Crippen molar-refractivity contribution in [3.63, 3.8) is 0 Å². The first kappa shape index (κ1) is 19.7. The van der Waals surface area contributed by atoms with Crippen molar-refractivity contribution in [2.75, 3.05) is 13.1 Å². The van der Waals surface area contributed by atoms with E-state index in [0.717, 1.165) is 25.0 Å². The van der Waals surface area contributed by atoms with E-state index in [1.165, 1.54) is 6.07 Å². The topological polar surface area (TPSA) is 57.6 Å². The fourth-order valence-electron chi connectivity index (χ4n) is 4.60. The van der Waals surface area contributed by atoms with E-state index in [4.69, 9.17) is 0 Å². The van der Waals surface area contributed by atoms with Crippen LogP contribution in [0.4, 0.5) is 13.2 Å². The number of halogens is 3. The molecule has 2 aliphatic rings. The maximum Gasteiger partial charge on any atom is 0.416 e. The lowest BCUT2D eigenvalue weighted by Crippen LogP contribution is -2.51. The van der Waals surface area contributed by atoms with Crippen LogP contribution in [0.15, 0.2) is 24.3 Å². The predicted octanol–water partition coefficient (Wildman–Crippen LogP) is 4.09. The van der Waals surface area contributed by atoms with Crippen LogP contribution in [-0.4, -0.2) is 35.0 Å². The number of rotatable bonds is 3. The summed E-state index contributed by atoms with van der Waals surface area (Å²) in [5.41, 5.74) is -1.25. The van der Waals surface area contributed by atoms with Crippen molar-refractivity contribution in [2.45, 2.75) is 50.6 Å². The third-order valence-corrected chi connectivity index (χ3v) is 6.12. The van der Waals surface area contributed by atoms with Gasteiger partial charge in [-0.05, 0) is 36.8 Å². The van der Waals surface area contributed by atoms with Crippen molar-refractivity contribution in [3.05, 3.63) is 35.4 Å². The molecule has 7 heteroatoms. The third kappa shape index (κ3) is 3.69. The molecule has 1 aromatic carbocycles. The van der Waals surface area contributed by atoms with Crippen LogP contribution in [0.25, 0.3) is 0 Å². The molecule has 1 amide bonds. The third-order valence-electron chi connectivity index (χ3n) is 6.12. The second-order valence-electron chi connectivity index (χ2n) is 7.83. The van der Waals surface area contributed by atoms with E-state index in [9.17, 15) is 27.9 Å². The summed E-state index contributed by atoms with van der Waals surface area (Å²) in [5.74, 6) is -1.68. The van der Waals surface area contributed by atoms with E-state index in [-0.39, 0.29) is 11.8 Å². The number of hydrogen-bond acceptors (Lipinski definition) is 2. The average Bonchev–Trinajstić information content (AvgIpc) is 3.11. The van der Waals surface area contributed by atoms with Gasteiger partial charge in [-0.15, -0.1) is 0 Å². The first-order chi connectivity index (χ1) is 12.6. The lowest BCUT2D eigenvalue weighted by molar-refractivity contribution is -0.150. The van der Waals surface area contributed by atoms with Crippen LogP contribution in [-0.2, 0) is 21.2 Å². The summed E-state index contributed by atoms with van der Waals surface area (Å²) < 4.78 is 39.5. The van der Waals surface area contributed by atoms with Gasteiger partial charge in [0.15, 0.2) is 0 Å². The minimum Gasteiger partial charge on any atom is -0.481 e. The smallest absolute Gasteiger partial charge is 0.416 e. The van der Waals surface area contributed by atoms with Crippen molar-refractivity contribution in [1.82, 2.24) is 4.90 Å². The number of amides is 1. The number of hydrogen-bond donors (Lipinski definition) is 1. The van der Waals surface area contributed by atoms with Crippen molar-refractivity contribution >= 4 is 11.9 Å². The Hall–Kier alpha value is -2.05. The van der Waals surface area contributed by atoms with Gasteiger partial charge in [-0.3, -0.25) is 9.59 Å². The van der Waals surface area contributed by atoms with E-state index in [1.54, 1.807) is 11.0 Å². The van der Waals surface area contributed by atoms with Gasteiger partial charge in [-0.25, -0.2) is 0 Å². The molecule has 27 heavy (non-hydrogen) atoms. The molecule has 4 nitrogen and oxygen atoms in total. The van der Waals surface area contributed by atoms with Crippen molar-refractivity contribution in [2.24, 2.45) is 11.8 Å². The number of piperidine rings is 1. The van der Waals surface area contributed by atoms with Gasteiger partial charge in [0.05, 0.1) is 16.9 Å².